The Labute approximate surface area is 107 Å². The summed E-state index contributed by atoms with van der Waals surface area (Å²) in [6.07, 6.45) is 0. The Bertz CT molecular complexity index is 367. The van der Waals surface area contributed by atoms with Crippen molar-refractivity contribution < 1.29 is 9.32 Å². The first-order chi connectivity index (χ1) is 8.58. The van der Waals surface area contributed by atoms with Gasteiger partial charge in [0.15, 0.2) is 0 Å². The Kier molecular flexibility index (Phi) is 5.44. The topological polar surface area (TPSA) is 96.4 Å². The number of amides is 2. The van der Waals surface area contributed by atoms with Crippen LogP contribution in [0.3, 0.4) is 0 Å². The van der Waals surface area contributed by atoms with E-state index in [1.165, 1.54) is 0 Å². The zero-order valence-electron chi connectivity index (χ0n) is 11.1. The van der Waals surface area contributed by atoms with E-state index in [0.717, 1.165) is 19.6 Å². The van der Waals surface area contributed by atoms with Crippen molar-refractivity contribution in [2.24, 2.45) is 0 Å². The van der Waals surface area contributed by atoms with Gasteiger partial charge < -0.3 is 25.8 Å². The van der Waals surface area contributed by atoms with Crippen LogP contribution in [-0.4, -0.2) is 42.3 Å². The van der Waals surface area contributed by atoms with Crippen LogP contribution in [0.2, 0.25) is 0 Å². The Hall–Kier alpha value is -1.76. The maximum atomic E-state index is 11.6. The minimum atomic E-state index is -0.305. The number of nitrogens with two attached hydrogens (primary N) is 1. The molecule has 0 saturated heterocycles. The molecule has 1 aromatic heterocycles. The van der Waals surface area contributed by atoms with E-state index in [-0.39, 0.29) is 11.9 Å². The van der Waals surface area contributed by atoms with Crippen LogP contribution in [0, 0.1) is 6.92 Å². The van der Waals surface area contributed by atoms with Crippen LogP contribution >= 0.6 is 0 Å². The standard InChI is InChI=1S/C11H21N5O2/c1-4-16(5-2)7-6-13-11(17)14-9-8(3)15-18-10(9)12/h4-7,12H2,1-3H3,(H2,13,14,17). The van der Waals surface area contributed by atoms with E-state index in [0.29, 0.717) is 17.9 Å². The molecule has 0 aliphatic carbocycles. The average Bonchev–Trinajstić information content (AvgIpc) is 2.66. The molecule has 0 saturated carbocycles. The molecule has 1 heterocycles. The summed E-state index contributed by atoms with van der Waals surface area (Å²) in [5, 5.41) is 9.03. The first kappa shape index (κ1) is 14.3. The van der Waals surface area contributed by atoms with Gasteiger partial charge in [-0.05, 0) is 20.0 Å². The van der Waals surface area contributed by atoms with Gasteiger partial charge in [-0.3, -0.25) is 0 Å². The highest BCUT2D eigenvalue weighted by atomic mass is 16.5. The maximum Gasteiger partial charge on any atom is 0.319 e. The number of nitrogens with one attached hydrogen (secondary N) is 2. The van der Waals surface area contributed by atoms with Crippen LogP contribution in [0.25, 0.3) is 0 Å². The highest BCUT2D eigenvalue weighted by Gasteiger charge is 2.12. The first-order valence-corrected chi connectivity index (χ1v) is 6.07. The van der Waals surface area contributed by atoms with Gasteiger partial charge in [0.2, 0.25) is 5.88 Å². The number of aryl methyl sites for hydroxylation is 1. The fourth-order valence-electron chi connectivity index (χ4n) is 1.56. The van der Waals surface area contributed by atoms with Crippen molar-refractivity contribution in [1.82, 2.24) is 15.4 Å². The number of carbonyl (C=O) groups excluding carboxylic acids is 1. The average molecular weight is 255 g/mol. The Morgan fingerprint density at radius 1 is 1.44 bits per heavy atom. The Morgan fingerprint density at radius 2 is 2.11 bits per heavy atom. The summed E-state index contributed by atoms with van der Waals surface area (Å²) in [6, 6.07) is -0.305. The Balaban J connectivity index is 2.34. The van der Waals surface area contributed by atoms with E-state index in [1.807, 2.05) is 0 Å². The molecule has 0 aliphatic rings. The quantitative estimate of drug-likeness (QED) is 0.705. The fraction of sp³-hybridized carbons (Fsp3) is 0.636. The van der Waals surface area contributed by atoms with Crippen LogP contribution in [-0.2, 0) is 0 Å². The summed E-state index contributed by atoms with van der Waals surface area (Å²) in [4.78, 5) is 13.8. The molecule has 0 aromatic carbocycles. The molecule has 0 unspecified atom stereocenters. The van der Waals surface area contributed by atoms with Gasteiger partial charge in [0.25, 0.3) is 0 Å². The molecule has 2 amide bonds. The van der Waals surface area contributed by atoms with E-state index in [9.17, 15) is 4.79 Å². The smallest absolute Gasteiger partial charge is 0.319 e. The van der Waals surface area contributed by atoms with Crippen molar-refractivity contribution in [1.29, 1.82) is 0 Å². The van der Waals surface area contributed by atoms with Crippen molar-refractivity contribution in [2.75, 3.05) is 37.2 Å². The lowest BCUT2D eigenvalue weighted by Gasteiger charge is -2.17. The number of aromatic nitrogens is 1. The third-order valence-corrected chi connectivity index (χ3v) is 2.74. The molecule has 1 rings (SSSR count). The second-order valence-electron chi connectivity index (χ2n) is 3.92. The number of likely N-dealkylation sites (N-methyl/N-ethyl adjacent to an activating group) is 1. The van der Waals surface area contributed by atoms with Gasteiger partial charge in [-0.15, -0.1) is 0 Å². The lowest BCUT2D eigenvalue weighted by Crippen LogP contribution is -2.37. The third kappa shape index (κ3) is 3.92. The number of anilines is 2. The zero-order chi connectivity index (χ0) is 13.5. The van der Waals surface area contributed by atoms with Gasteiger partial charge in [0.05, 0.1) is 0 Å². The second-order valence-corrected chi connectivity index (χ2v) is 3.92. The van der Waals surface area contributed by atoms with Crippen molar-refractivity contribution in [2.45, 2.75) is 20.8 Å². The molecule has 4 N–H and O–H groups in total. The molecular formula is C11H21N5O2. The molecule has 0 spiro atoms. The van der Waals surface area contributed by atoms with Gasteiger partial charge in [-0.2, -0.15) is 0 Å². The number of rotatable bonds is 6. The van der Waals surface area contributed by atoms with Gasteiger partial charge in [0, 0.05) is 13.1 Å². The molecule has 0 bridgehead atoms. The minimum Gasteiger partial charge on any atom is -0.366 e. The number of urea groups is 1. The van der Waals surface area contributed by atoms with Crippen LogP contribution < -0.4 is 16.4 Å². The third-order valence-electron chi connectivity index (χ3n) is 2.74. The summed E-state index contributed by atoms with van der Waals surface area (Å²) < 4.78 is 4.75. The summed E-state index contributed by atoms with van der Waals surface area (Å²) in [6.45, 7) is 9.23. The maximum absolute atomic E-state index is 11.6. The largest absolute Gasteiger partial charge is 0.366 e. The Morgan fingerprint density at radius 3 is 2.61 bits per heavy atom. The molecule has 0 fully saturated rings. The lowest BCUT2D eigenvalue weighted by molar-refractivity contribution is 0.248. The van der Waals surface area contributed by atoms with Crippen molar-refractivity contribution in [3.63, 3.8) is 0 Å². The molecule has 7 heteroatoms. The molecule has 0 aliphatic heterocycles. The number of carbonyl (C=O) groups is 1. The van der Waals surface area contributed by atoms with Crippen LogP contribution in [0.1, 0.15) is 19.5 Å². The van der Waals surface area contributed by atoms with Crippen LogP contribution in [0.4, 0.5) is 16.4 Å². The highest BCUT2D eigenvalue weighted by Crippen LogP contribution is 2.21. The SMILES string of the molecule is CCN(CC)CCNC(=O)Nc1c(C)noc1N. The first-order valence-electron chi connectivity index (χ1n) is 6.07. The van der Waals surface area contributed by atoms with Gasteiger partial charge >= 0.3 is 6.03 Å². The summed E-state index contributed by atoms with van der Waals surface area (Å²) in [5.74, 6) is 0.117. The summed E-state index contributed by atoms with van der Waals surface area (Å²) in [7, 11) is 0. The molecule has 102 valence electrons. The van der Waals surface area contributed by atoms with E-state index < -0.39 is 0 Å². The van der Waals surface area contributed by atoms with Gasteiger partial charge in [-0.25, -0.2) is 4.79 Å². The number of hydrogen-bond donors (Lipinski definition) is 3. The van der Waals surface area contributed by atoms with E-state index in [4.69, 9.17) is 10.3 Å². The van der Waals surface area contributed by atoms with Crippen LogP contribution in [0.5, 0.6) is 0 Å². The fourth-order valence-corrected chi connectivity index (χ4v) is 1.56. The molecule has 7 nitrogen and oxygen atoms in total. The van der Waals surface area contributed by atoms with Crippen molar-refractivity contribution in [3.05, 3.63) is 5.69 Å². The normalized spacial score (nSPS) is 10.7. The number of nitrogen functional groups attached to an aromatic ring is 1. The molecule has 18 heavy (non-hydrogen) atoms. The van der Waals surface area contributed by atoms with E-state index >= 15 is 0 Å². The molecule has 0 radical (unpaired) electrons. The molecule has 1 aromatic rings. The predicted molar refractivity (Wildman–Crippen MR) is 70.5 cm³/mol. The van der Waals surface area contributed by atoms with Gasteiger partial charge in [-0.1, -0.05) is 19.0 Å². The van der Waals surface area contributed by atoms with Crippen LogP contribution in [0.15, 0.2) is 4.52 Å². The lowest BCUT2D eigenvalue weighted by atomic mass is 10.4. The summed E-state index contributed by atoms with van der Waals surface area (Å²) >= 11 is 0. The zero-order valence-corrected chi connectivity index (χ0v) is 11.1. The van der Waals surface area contributed by atoms with Gasteiger partial charge in [0.1, 0.15) is 11.4 Å². The predicted octanol–water partition coefficient (Wildman–Crippen LogP) is 1.03. The van der Waals surface area contributed by atoms with E-state index in [2.05, 4.69) is 34.5 Å². The minimum absolute atomic E-state index is 0.117. The number of hydrogen-bond acceptors (Lipinski definition) is 5. The second kappa shape index (κ2) is 6.85. The monoisotopic (exact) mass is 255 g/mol. The molecule has 0 atom stereocenters. The molecular weight excluding hydrogens is 234 g/mol. The van der Waals surface area contributed by atoms with Crippen molar-refractivity contribution in [3.8, 4) is 0 Å². The van der Waals surface area contributed by atoms with E-state index in [1.54, 1.807) is 6.92 Å². The highest BCUT2D eigenvalue weighted by molar-refractivity contribution is 5.92. The number of nitrogens with zero attached hydrogens (tertiary/aromatic N) is 2. The van der Waals surface area contributed by atoms with Crippen molar-refractivity contribution >= 4 is 17.6 Å². The summed E-state index contributed by atoms with van der Waals surface area (Å²) in [5.41, 5.74) is 6.52.